The van der Waals surface area contributed by atoms with E-state index in [4.69, 9.17) is 4.74 Å². The van der Waals surface area contributed by atoms with Crippen molar-refractivity contribution in [3.05, 3.63) is 18.2 Å². The molecule has 1 aromatic rings. The second kappa shape index (κ2) is 5.72. The van der Waals surface area contributed by atoms with Crippen LogP contribution in [0.25, 0.3) is 0 Å². The zero-order valence-corrected chi connectivity index (χ0v) is 13.7. The summed E-state index contributed by atoms with van der Waals surface area (Å²) >= 11 is 0. The molecule has 0 radical (unpaired) electrons. The molecule has 7 heteroatoms. The lowest BCUT2D eigenvalue weighted by molar-refractivity contribution is 0.137. The average Bonchev–Trinajstić information content (AvgIpc) is 3.30. The maximum atomic E-state index is 13.0. The van der Waals surface area contributed by atoms with Gasteiger partial charge >= 0.3 is 0 Å². The van der Waals surface area contributed by atoms with E-state index < -0.39 is 10.0 Å². The molecule has 6 nitrogen and oxygen atoms in total. The van der Waals surface area contributed by atoms with E-state index in [0.717, 1.165) is 13.1 Å². The number of phenolic OH excluding ortho intramolecular Hbond substituents is 1. The van der Waals surface area contributed by atoms with Crippen LogP contribution in [0.15, 0.2) is 23.1 Å². The van der Waals surface area contributed by atoms with E-state index in [1.807, 2.05) is 6.92 Å². The molecule has 22 heavy (non-hydrogen) atoms. The molecular formula is C15H22N2O4S. The highest BCUT2D eigenvalue weighted by atomic mass is 32.2. The van der Waals surface area contributed by atoms with Crippen molar-refractivity contribution in [2.45, 2.75) is 36.7 Å². The zero-order chi connectivity index (χ0) is 15.9. The smallest absolute Gasteiger partial charge is 0.250 e. The van der Waals surface area contributed by atoms with Crippen LogP contribution in [0.1, 0.15) is 19.8 Å². The van der Waals surface area contributed by atoms with Gasteiger partial charge in [0.2, 0.25) is 0 Å². The van der Waals surface area contributed by atoms with Crippen LogP contribution in [0.4, 0.5) is 0 Å². The average molecular weight is 326 g/mol. The molecule has 1 aliphatic heterocycles. The van der Waals surface area contributed by atoms with E-state index in [2.05, 4.69) is 4.90 Å². The van der Waals surface area contributed by atoms with E-state index >= 15 is 0 Å². The number of nitrogens with zero attached hydrogens (tertiary/aromatic N) is 2. The van der Waals surface area contributed by atoms with Gasteiger partial charge in [0.25, 0.3) is 10.0 Å². The van der Waals surface area contributed by atoms with Crippen LogP contribution in [0, 0.1) is 0 Å². The number of hydrogen-bond donors (Lipinski definition) is 1. The van der Waals surface area contributed by atoms with Crippen LogP contribution in [0.3, 0.4) is 0 Å². The Bertz CT molecular complexity index is 658. The fourth-order valence-corrected chi connectivity index (χ4v) is 4.97. The summed E-state index contributed by atoms with van der Waals surface area (Å²) in [5.41, 5.74) is 0. The molecule has 0 aromatic heterocycles. The number of phenols is 1. The fourth-order valence-electron chi connectivity index (χ4n) is 3.14. The first kappa shape index (κ1) is 15.6. The molecule has 1 N–H and O–H groups in total. The van der Waals surface area contributed by atoms with Crippen LogP contribution >= 0.6 is 0 Å². The normalized spacial score (nSPS) is 24.4. The third-order valence-corrected chi connectivity index (χ3v) is 6.49. The van der Waals surface area contributed by atoms with Crippen molar-refractivity contribution in [3.63, 3.8) is 0 Å². The third kappa shape index (κ3) is 2.68. The molecule has 1 aliphatic carbocycles. The number of rotatable bonds is 4. The van der Waals surface area contributed by atoms with E-state index in [1.54, 1.807) is 12.1 Å². The second-order valence-electron chi connectivity index (χ2n) is 6.00. The van der Waals surface area contributed by atoms with Crippen LogP contribution in [0.2, 0.25) is 0 Å². The van der Waals surface area contributed by atoms with E-state index in [-0.39, 0.29) is 22.4 Å². The number of methoxy groups -OCH3 is 1. The molecule has 1 unspecified atom stereocenters. The minimum Gasteiger partial charge on any atom is -0.506 e. The van der Waals surface area contributed by atoms with Crippen molar-refractivity contribution in [1.82, 2.24) is 9.21 Å². The van der Waals surface area contributed by atoms with Gasteiger partial charge in [0.15, 0.2) is 4.90 Å². The molecule has 1 saturated heterocycles. The van der Waals surface area contributed by atoms with Crippen molar-refractivity contribution < 1.29 is 18.3 Å². The summed E-state index contributed by atoms with van der Waals surface area (Å²) in [7, 11) is -2.38. The Kier molecular flexibility index (Phi) is 4.05. The molecule has 0 bridgehead atoms. The summed E-state index contributed by atoms with van der Waals surface area (Å²) in [5.74, 6) is -0.0898. The van der Waals surface area contributed by atoms with E-state index in [0.29, 0.717) is 12.6 Å². The Morgan fingerprint density at radius 3 is 2.59 bits per heavy atom. The summed E-state index contributed by atoms with van der Waals surface area (Å²) in [6.07, 6.45) is 2.43. The molecule has 122 valence electrons. The molecule has 1 heterocycles. The summed E-state index contributed by atoms with van der Waals surface area (Å²) in [6.45, 7) is 3.83. The van der Waals surface area contributed by atoms with Crippen LogP contribution in [-0.2, 0) is 10.0 Å². The number of benzene rings is 1. The van der Waals surface area contributed by atoms with Gasteiger partial charge in [-0.05, 0) is 31.9 Å². The molecule has 1 atom stereocenters. The number of sulfonamides is 1. The molecule has 0 amide bonds. The number of aromatic hydroxyl groups is 1. The summed E-state index contributed by atoms with van der Waals surface area (Å²) in [5, 5.41) is 10.0. The third-order valence-electron chi connectivity index (χ3n) is 4.41. The first-order chi connectivity index (χ1) is 10.4. The highest BCUT2D eigenvalue weighted by Crippen LogP contribution is 2.36. The molecule has 2 aliphatic rings. The van der Waals surface area contributed by atoms with Gasteiger partial charge in [-0.3, -0.25) is 4.90 Å². The predicted octanol–water partition coefficient (Wildman–Crippen LogP) is 1.26. The van der Waals surface area contributed by atoms with E-state index in [1.165, 1.54) is 30.3 Å². The van der Waals surface area contributed by atoms with E-state index in [9.17, 15) is 13.5 Å². The van der Waals surface area contributed by atoms with Gasteiger partial charge < -0.3 is 9.84 Å². The van der Waals surface area contributed by atoms with Crippen molar-refractivity contribution in [3.8, 4) is 11.5 Å². The van der Waals surface area contributed by atoms with Gasteiger partial charge in [0.1, 0.15) is 11.5 Å². The van der Waals surface area contributed by atoms with Gasteiger partial charge in [-0.15, -0.1) is 0 Å². The molecule has 3 rings (SSSR count). The van der Waals surface area contributed by atoms with Gasteiger partial charge in [0.05, 0.1) is 7.11 Å². The lowest BCUT2D eigenvalue weighted by Crippen LogP contribution is -2.54. The molecular weight excluding hydrogens is 304 g/mol. The number of piperazine rings is 1. The van der Waals surface area contributed by atoms with Crippen molar-refractivity contribution in [2.75, 3.05) is 26.7 Å². The molecule has 0 spiro atoms. The minimum atomic E-state index is -3.78. The quantitative estimate of drug-likeness (QED) is 0.902. The summed E-state index contributed by atoms with van der Waals surface area (Å²) < 4.78 is 32.5. The Hall–Kier alpha value is -1.31. The second-order valence-corrected chi connectivity index (χ2v) is 7.83. The fraction of sp³-hybridized carbons (Fsp3) is 0.600. The predicted molar refractivity (Wildman–Crippen MR) is 82.6 cm³/mol. The first-order valence-corrected chi connectivity index (χ1v) is 9.01. The zero-order valence-electron chi connectivity index (χ0n) is 12.9. The van der Waals surface area contributed by atoms with Crippen LogP contribution in [0.5, 0.6) is 11.5 Å². The van der Waals surface area contributed by atoms with Crippen LogP contribution in [-0.4, -0.2) is 61.6 Å². The number of hydrogen-bond acceptors (Lipinski definition) is 5. The van der Waals surface area contributed by atoms with Gasteiger partial charge in [-0.1, -0.05) is 6.07 Å². The van der Waals surface area contributed by atoms with Gasteiger partial charge in [0, 0.05) is 31.7 Å². The molecule has 1 saturated carbocycles. The van der Waals surface area contributed by atoms with Crippen molar-refractivity contribution >= 4 is 10.0 Å². The Morgan fingerprint density at radius 2 is 2.00 bits per heavy atom. The maximum Gasteiger partial charge on any atom is 0.250 e. The largest absolute Gasteiger partial charge is 0.506 e. The standard InChI is InChI=1S/C15H22N2O4S/c1-11-10-16(12-6-7-12)8-9-17(11)22(19,20)15-13(18)4-3-5-14(15)21-2/h3-5,11-12,18H,6-10H2,1-2H3. The lowest BCUT2D eigenvalue weighted by atomic mass is 10.2. The maximum absolute atomic E-state index is 13.0. The highest BCUT2D eigenvalue weighted by Gasteiger charge is 2.40. The minimum absolute atomic E-state index is 0.122. The van der Waals surface area contributed by atoms with Gasteiger partial charge in [-0.25, -0.2) is 8.42 Å². The Labute approximate surface area is 131 Å². The Balaban J connectivity index is 1.90. The lowest BCUT2D eigenvalue weighted by Gasteiger charge is -2.39. The molecule has 2 fully saturated rings. The SMILES string of the molecule is COc1cccc(O)c1S(=O)(=O)N1CCN(C2CC2)CC1C. The molecule has 1 aromatic carbocycles. The topological polar surface area (TPSA) is 70.1 Å². The van der Waals surface area contributed by atoms with Gasteiger partial charge in [-0.2, -0.15) is 4.31 Å². The highest BCUT2D eigenvalue weighted by molar-refractivity contribution is 7.89. The summed E-state index contributed by atoms with van der Waals surface area (Å²) in [4.78, 5) is 2.22. The number of ether oxygens (including phenoxy) is 1. The van der Waals surface area contributed by atoms with Crippen LogP contribution < -0.4 is 4.74 Å². The van der Waals surface area contributed by atoms with Crippen molar-refractivity contribution in [1.29, 1.82) is 0 Å². The summed E-state index contributed by atoms with van der Waals surface area (Å²) in [6, 6.07) is 5.01. The van der Waals surface area contributed by atoms with Crippen molar-refractivity contribution in [2.24, 2.45) is 0 Å². The Morgan fingerprint density at radius 1 is 1.27 bits per heavy atom. The monoisotopic (exact) mass is 326 g/mol. The first-order valence-electron chi connectivity index (χ1n) is 7.57.